The molecule has 0 bridgehead atoms. The fourth-order valence-corrected chi connectivity index (χ4v) is 1.74. The van der Waals surface area contributed by atoms with E-state index in [1.807, 2.05) is 19.2 Å². The molecule has 0 amide bonds. The number of benzene rings is 1. The van der Waals surface area contributed by atoms with E-state index in [1.165, 1.54) is 3.57 Å². The van der Waals surface area contributed by atoms with Crippen LogP contribution in [0, 0.1) is 10.5 Å². The Bertz CT molecular complexity index is 420. The maximum Gasteiger partial charge on any atom is 0.137 e. The van der Waals surface area contributed by atoms with Gasteiger partial charge in [-0.15, -0.1) is 0 Å². The van der Waals surface area contributed by atoms with Crippen molar-refractivity contribution in [2.75, 3.05) is 0 Å². The van der Waals surface area contributed by atoms with Crippen LogP contribution >= 0.6 is 22.6 Å². The summed E-state index contributed by atoms with van der Waals surface area (Å²) in [5.41, 5.74) is 2.23. The Morgan fingerprint density at radius 2 is 2.23 bits per heavy atom. The number of hydrogen-bond acceptors (Lipinski definition) is 1. The molecule has 0 saturated carbocycles. The van der Waals surface area contributed by atoms with E-state index < -0.39 is 0 Å². The summed E-state index contributed by atoms with van der Waals surface area (Å²) in [4.78, 5) is 7.47. The number of imidazole rings is 1. The van der Waals surface area contributed by atoms with Crippen LogP contribution in [0.4, 0.5) is 0 Å². The van der Waals surface area contributed by atoms with Crippen LogP contribution < -0.4 is 0 Å². The van der Waals surface area contributed by atoms with Crippen molar-refractivity contribution in [2.45, 2.75) is 6.92 Å². The molecule has 2 rings (SSSR count). The summed E-state index contributed by atoms with van der Waals surface area (Å²) in [6.07, 6.45) is 1.84. The van der Waals surface area contributed by atoms with Crippen LogP contribution in [-0.2, 0) is 0 Å². The monoisotopic (exact) mass is 284 g/mol. The summed E-state index contributed by atoms with van der Waals surface area (Å²) in [5, 5.41) is 0. The lowest BCUT2D eigenvalue weighted by Crippen LogP contribution is -1.81. The van der Waals surface area contributed by atoms with Gasteiger partial charge in [0.2, 0.25) is 0 Å². The summed E-state index contributed by atoms with van der Waals surface area (Å²) in [6.45, 7) is 2.00. The smallest absolute Gasteiger partial charge is 0.137 e. The van der Waals surface area contributed by atoms with Crippen LogP contribution in [0.2, 0.25) is 0 Å². The maximum absolute atomic E-state index is 4.27. The van der Waals surface area contributed by atoms with Gasteiger partial charge in [-0.2, -0.15) is 0 Å². The molecule has 1 aromatic heterocycles. The standard InChI is InChI=1S/C10H9IN2/c1-7-6-12-10(13-7)8-3-2-4-9(11)5-8/h2-6H,1H3,(H,12,13). The third-order valence-corrected chi connectivity index (χ3v) is 2.47. The number of rotatable bonds is 1. The van der Waals surface area contributed by atoms with Gasteiger partial charge in [-0.3, -0.25) is 0 Å². The van der Waals surface area contributed by atoms with E-state index in [1.54, 1.807) is 0 Å². The molecule has 3 heteroatoms. The van der Waals surface area contributed by atoms with Gasteiger partial charge in [0.25, 0.3) is 0 Å². The van der Waals surface area contributed by atoms with E-state index in [9.17, 15) is 0 Å². The van der Waals surface area contributed by atoms with Gasteiger partial charge in [0.15, 0.2) is 0 Å². The first-order valence-corrected chi connectivity index (χ1v) is 5.11. The first-order chi connectivity index (χ1) is 6.25. The quantitative estimate of drug-likeness (QED) is 0.801. The van der Waals surface area contributed by atoms with Crippen LogP contribution in [-0.4, -0.2) is 9.97 Å². The van der Waals surface area contributed by atoms with Gasteiger partial charge in [-0.1, -0.05) is 12.1 Å². The summed E-state index contributed by atoms with van der Waals surface area (Å²) in [5.74, 6) is 0.941. The minimum Gasteiger partial charge on any atom is -0.342 e. The number of aromatic nitrogens is 2. The molecule has 0 radical (unpaired) electrons. The van der Waals surface area contributed by atoms with E-state index in [0.717, 1.165) is 17.1 Å². The second-order valence-corrected chi connectivity index (χ2v) is 4.17. The predicted octanol–water partition coefficient (Wildman–Crippen LogP) is 2.99. The third-order valence-electron chi connectivity index (χ3n) is 1.80. The van der Waals surface area contributed by atoms with Gasteiger partial charge in [-0.25, -0.2) is 4.98 Å². The second kappa shape index (κ2) is 3.49. The largest absolute Gasteiger partial charge is 0.342 e. The molecule has 0 atom stereocenters. The third kappa shape index (κ3) is 1.91. The Labute approximate surface area is 90.5 Å². The normalized spacial score (nSPS) is 10.3. The van der Waals surface area contributed by atoms with Gasteiger partial charge in [-0.05, 0) is 41.6 Å². The predicted molar refractivity (Wildman–Crippen MR) is 61.5 cm³/mol. The van der Waals surface area contributed by atoms with Crippen LogP contribution in [0.15, 0.2) is 30.5 Å². The van der Waals surface area contributed by atoms with E-state index >= 15 is 0 Å². The Morgan fingerprint density at radius 3 is 2.85 bits per heavy atom. The Balaban J connectivity index is 2.46. The number of halogens is 1. The van der Waals surface area contributed by atoms with Crippen molar-refractivity contribution in [3.8, 4) is 11.4 Å². The highest BCUT2D eigenvalue weighted by Gasteiger charge is 2.00. The van der Waals surface area contributed by atoms with Gasteiger partial charge in [0.1, 0.15) is 5.82 Å². The van der Waals surface area contributed by atoms with Crippen LogP contribution in [0.3, 0.4) is 0 Å². The number of aromatic amines is 1. The lowest BCUT2D eigenvalue weighted by atomic mass is 10.2. The van der Waals surface area contributed by atoms with Crippen molar-refractivity contribution < 1.29 is 0 Å². The highest BCUT2D eigenvalue weighted by Crippen LogP contribution is 2.17. The minimum absolute atomic E-state index is 0.941. The molecule has 2 aromatic rings. The molecule has 0 aliphatic carbocycles. The van der Waals surface area contributed by atoms with Crippen LogP contribution in [0.1, 0.15) is 5.69 Å². The van der Waals surface area contributed by atoms with Crippen molar-refractivity contribution in [3.63, 3.8) is 0 Å². The molecular weight excluding hydrogens is 275 g/mol. The van der Waals surface area contributed by atoms with E-state index in [-0.39, 0.29) is 0 Å². The lowest BCUT2D eigenvalue weighted by Gasteiger charge is -1.96. The van der Waals surface area contributed by atoms with Gasteiger partial charge < -0.3 is 4.98 Å². The molecule has 0 aliphatic rings. The van der Waals surface area contributed by atoms with E-state index in [0.29, 0.717) is 0 Å². The van der Waals surface area contributed by atoms with Crippen molar-refractivity contribution >= 4 is 22.6 Å². The molecule has 1 N–H and O–H groups in total. The molecular formula is C10H9IN2. The van der Waals surface area contributed by atoms with Crippen molar-refractivity contribution in [2.24, 2.45) is 0 Å². The molecule has 0 saturated heterocycles. The van der Waals surface area contributed by atoms with Crippen LogP contribution in [0.25, 0.3) is 11.4 Å². The zero-order valence-corrected chi connectivity index (χ0v) is 9.37. The molecule has 1 aromatic carbocycles. The molecule has 0 aliphatic heterocycles. The Hall–Kier alpha value is -0.840. The Kier molecular flexibility index (Phi) is 2.35. The molecule has 13 heavy (non-hydrogen) atoms. The van der Waals surface area contributed by atoms with Crippen LogP contribution in [0.5, 0.6) is 0 Å². The SMILES string of the molecule is Cc1cnc(-c2cccc(I)c2)[nH]1. The average Bonchev–Trinajstić information content (AvgIpc) is 2.52. The number of nitrogens with zero attached hydrogens (tertiary/aromatic N) is 1. The fourth-order valence-electron chi connectivity index (χ4n) is 1.20. The summed E-state index contributed by atoms with van der Waals surface area (Å²) in [6, 6.07) is 8.27. The van der Waals surface area contributed by atoms with Crippen molar-refractivity contribution in [1.29, 1.82) is 0 Å². The van der Waals surface area contributed by atoms with E-state index in [2.05, 4.69) is 50.8 Å². The summed E-state index contributed by atoms with van der Waals surface area (Å²) >= 11 is 2.30. The summed E-state index contributed by atoms with van der Waals surface area (Å²) < 4.78 is 1.23. The van der Waals surface area contributed by atoms with Gasteiger partial charge in [0.05, 0.1) is 0 Å². The first-order valence-electron chi connectivity index (χ1n) is 4.03. The molecule has 0 fully saturated rings. The second-order valence-electron chi connectivity index (χ2n) is 2.93. The zero-order chi connectivity index (χ0) is 9.26. The highest BCUT2D eigenvalue weighted by molar-refractivity contribution is 14.1. The molecule has 66 valence electrons. The van der Waals surface area contributed by atoms with E-state index in [4.69, 9.17) is 0 Å². The number of hydrogen-bond donors (Lipinski definition) is 1. The lowest BCUT2D eigenvalue weighted by molar-refractivity contribution is 1.25. The molecule has 0 unspecified atom stereocenters. The summed E-state index contributed by atoms with van der Waals surface area (Å²) in [7, 11) is 0. The highest BCUT2D eigenvalue weighted by atomic mass is 127. The number of nitrogens with one attached hydrogen (secondary N) is 1. The first kappa shape index (κ1) is 8.74. The van der Waals surface area contributed by atoms with Gasteiger partial charge in [0, 0.05) is 21.0 Å². The topological polar surface area (TPSA) is 28.7 Å². The Morgan fingerprint density at radius 1 is 1.38 bits per heavy atom. The minimum atomic E-state index is 0.941. The maximum atomic E-state index is 4.27. The van der Waals surface area contributed by atoms with Gasteiger partial charge >= 0.3 is 0 Å². The fraction of sp³-hybridized carbons (Fsp3) is 0.100. The zero-order valence-electron chi connectivity index (χ0n) is 7.21. The average molecular weight is 284 g/mol. The number of aryl methyl sites for hydroxylation is 1. The molecule has 0 spiro atoms. The number of H-pyrrole nitrogens is 1. The molecule has 1 heterocycles. The van der Waals surface area contributed by atoms with Crippen molar-refractivity contribution in [3.05, 3.63) is 39.7 Å². The molecule has 2 nitrogen and oxygen atoms in total. The van der Waals surface area contributed by atoms with Crippen molar-refractivity contribution in [1.82, 2.24) is 9.97 Å².